The van der Waals surface area contributed by atoms with Crippen LogP contribution < -0.4 is 0 Å². The molecule has 4 nitrogen and oxygen atoms in total. The van der Waals surface area contributed by atoms with Crippen LogP contribution in [0.5, 0.6) is 0 Å². The van der Waals surface area contributed by atoms with Gasteiger partial charge in [0.1, 0.15) is 5.82 Å². The number of aryl methyl sites for hydroxylation is 2. The maximum atomic E-state index is 5.85. The SMILES string of the molecule is Cc1nn(CN(C2CC2)[C@@H]2CCCc3ccccc32)c(=S)n1Cc1ccccc1. The molecule has 29 heavy (non-hydrogen) atoms. The second-order valence-electron chi connectivity index (χ2n) is 8.39. The van der Waals surface area contributed by atoms with Gasteiger partial charge in [0, 0.05) is 12.1 Å². The first-order chi connectivity index (χ1) is 14.2. The average Bonchev–Trinajstić information content (AvgIpc) is 3.56. The fourth-order valence-electron chi connectivity index (χ4n) is 4.69. The highest BCUT2D eigenvalue weighted by Crippen LogP contribution is 2.41. The molecule has 2 aromatic carbocycles. The van der Waals surface area contributed by atoms with Crippen LogP contribution in [0.1, 0.15) is 54.2 Å². The molecule has 0 amide bonds. The lowest BCUT2D eigenvalue weighted by molar-refractivity contribution is 0.118. The molecule has 3 aromatic rings. The summed E-state index contributed by atoms with van der Waals surface area (Å²) in [6, 6.07) is 20.6. The number of rotatable bonds is 6. The van der Waals surface area contributed by atoms with Gasteiger partial charge < -0.3 is 0 Å². The Morgan fingerprint density at radius 3 is 2.59 bits per heavy atom. The van der Waals surface area contributed by atoms with Gasteiger partial charge in [0.15, 0.2) is 4.77 Å². The predicted molar refractivity (Wildman–Crippen MR) is 118 cm³/mol. The summed E-state index contributed by atoms with van der Waals surface area (Å²) < 4.78 is 5.02. The number of fused-ring (bicyclic) bond motifs is 1. The Balaban J connectivity index is 1.43. The Hall–Kier alpha value is -2.24. The van der Waals surface area contributed by atoms with Crippen molar-refractivity contribution in [1.82, 2.24) is 19.2 Å². The minimum absolute atomic E-state index is 0.480. The van der Waals surface area contributed by atoms with E-state index in [4.69, 9.17) is 17.3 Å². The van der Waals surface area contributed by atoms with Crippen molar-refractivity contribution in [2.75, 3.05) is 0 Å². The molecule has 1 atom stereocenters. The van der Waals surface area contributed by atoms with Crippen LogP contribution in [0, 0.1) is 11.7 Å². The molecular weight excluding hydrogens is 376 g/mol. The molecule has 0 spiro atoms. The minimum atomic E-state index is 0.480. The van der Waals surface area contributed by atoms with E-state index in [0.717, 1.165) is 23.8 Å². The van der Waals surface area contributed by atoms with Gasteiger partial charge in [-0.15, -0.1) is 0 Å². The monoisotopic (exact) mass is 404 g/mol. The Labute approximate surface area is 177 Å². The molecular formula is C24H28N4S. The van der Waals surface area contributed by atoms with Crippen molar-refractivity contribution < 1.29 is 0 Å². The van der Waals surface area contributed by atoms with E-state index in [9.17, 15) is 0 Å². The summed E-state index contributed by atoms with van der Waals surface area (Å²) in [5, 5.41) is 4.84. The molecule has 0 radical (unpaired) electrons. The zero-order chi connectivity index (χ0) is 19.8. The van der Waals surface area contributed by atoms with Crippen LogP contribution in [0.4, 0.5) is 0 Å². The smallest absolute Gasteiger partial charge is 0.199 e. The molecule has 0 aliphatic heterocycles. The third-order valence-corrected chi connectivity index (χ3v) is 6.77. The molecule has 0 saturated heterocycles. The van der Waals surface area contributed by atoms with E-state index in [1.165, 1.54) is 48.8 Å². The summed E-state index contributed by atoms with van der Waals surface area (Å²) >= 11 is 5.85. The maximum Gasteiger partial charge on any atom is 0.199 e. The molecule has 1 saturated carbocycles. The quantitative estimate of drug-likeness (QED) is 0.524. The summed E-state index contributed by atoms with van der Waals surface area (Å²) in [6.07, 6.45) is 6.27. The third kappa shape index (κ3) is 3.81. The van der Waals surface area contributed by atoms with Crippen LogP contribution in [0.15, 0.2) is 54.6 Å². The van der Waals surface area contributed by atoms with Crippen molar-refractivity contribution in [3.63, 3.8) is 0 Å². The number of hydrogen-bond donors (Lipinski definition) is 0. The highest BCUT2D eigenvalue weighted by molar-refractivity contribution is 7.71. The van der Waals surface area contributed by atoms with Gasteiger partial charge in [0.05, 0.1) is 13.2 Å². The highest BCUT2D eigenvalue weighted by atomic mass is 32.1. The van der Waals surface area contributed by atoms with E-state index >= 15 is 0 Å². The van der Waals surface area contributed by atoms with E-state index in [0.29, 0.717) is 12.1 Å². The summed E-state index contributed by atoms with van der Waals surface area (Å²) in [5.41, 5.74) is 4.29. The van der Waals surface area contributed by atoms with E-state index in [1.54, 1.807) is 0 Å². The first-order valence-electron chi connectivity index (χ1n) is 10.7. The van der Waals surface area contributed by atoms with Crippen LogP contribution in [0.3, 0.4) is 0 Å². The van der Waals surface area contributed by atoms with Crippen LogP contribution in [-0.2, 0) is 19.6 Å². The highest BCUT2D eigenvalue weighted by Gasteiger charge is 2.36. The molecule has 0 unspecified atom stereocenters. The summed E-state index contributed by atoms with van der Waals surface area (Å²) in [5.74, 6) is 0.985. The predicted octanol–water partition coefficient (Wildman–Crippen LogP) is 5.27. The zero-order valence-corrected chi connectivity index (χ0v) is 17.8. The normalized spacial score (nSPS) is 18.8. The molecule has 1 fully saturated rings. The fraction of sp³-hybridized carbons (Fsp3) is 0.417. The summed E-state index contributed by atoms with van der Waals surface area (Å²) in [4.78, 5) is 2.66. The first-order valence-corrected chi connectivity index (χ1v) is 11.1. The molecule has 1 aromatic heterocycles. The van der Waals surface area contributed by atoms with Gasteiger partial charge in [-0.1, -0.05) is 54.6 Å². The molecule has 0 bridgehead atoms. The minimum Gasteiger partial charge on any atom is -0.300 e. The topological polar surface area (TPSA) is 26.0 Å². The Bertz CT molecular complexity index is 1050. The lowest BCUT2D eigenvalue weighted by Gasteiger charge is -2.36. The van der Waals surface area contributed by atoms with Crippen molar-refractivity contribution in [1.29, 1.82) is 0 Å². The van der Waals surface area contributed by atoms with Crippen molar-refractivity contribution in [2.45, 2.75) is 64.3 Å². The molecule has 150 valence electrons. The van der Waals surface area contributed by atoms with Crippen molar-refractivity contribution in [3.8, 4) is 0 Å². The van der Waals surface area contributed by atoms with E-state index in [-0.39, 0.29) is 0 Å². The number of benzene rings is 2. The Morgan fingerprint density at radius 1 is 1.03 bits per heavy atom. The van der Waals surface area contributed by atoms with Crippen LogP contribution >= 0.6 is 12.2 Å². The third-order valence-electron chi connectivity index (χ3n) is 6.34. The molecule has 5 heteroatoms. The number of nitrogens with zero attached hydrogens (tertiary/aromatic N) is 4. The number of hydrogen-bond acceptors (Lipinski definition) is 3. The molecule has 1 heterocycles. The van der Waals surface area contributed by atoms with Gasteiger partial charge in [-0.05, 0) is 67.9 Å². The maximum absolute atomic E-state index is 5.85. The second kappa shape index (κ2) is 7.88. The van der Waals surface area contributed by atoms with Gasteiger partial charge in [-0.3, -0.25) is 9.47 Å². The average molecular weight is 405 g/mol. The van der Waals surface area contributed by atoms with E-state index < -0.39 is 0 Å². The molecule has 2 aliphatic rings. The second-order valence-corrected chi connectivity index (χ2v) is 8.76. The van der Waals surface area contributed by atoms with Gasteiger partial charge in [-0.2, -0.15) is 5.10 Å². The summed E-state index contributed by atoms with van der Waals surface area (Å²) in [7, 11) is 0. The van der Waals surface area contributed by atoms with Crippen molar-refractivity contribution in [2.24, 2.45) is 0 Å². The fourth-order valence-corrected chi connectivity index (χ4v) is 4.99. The standard InChI is InChI=1S/C24H28N4S/c1-18-25-28(24(29)26(18)16-19-8-3-2-4-9-19)17-27(21-14-15-21)23-13-7-11-20-10-5-6-12-22(20)23/h2-6,8-10,12,21,23H,7,11,13-17H2,1H3/t23-/m1/s1. The molecule has 2 aliphatic carbocycles. The van der Waals surface area contributed by atoms with Gasteiger partial charge in [0.2, 0.25) is 0 Å². The number of aromatic nitrogens is 3. The van der Waals surface area contributed by atoms with Crippen LogP contribution in [-0.4, -0.2) is 25.3 Å². The van der Waals surface area contributed by atoms with E-state index in [2.05, 4.69) is 71.0 Å². The molecule has 0 N–H and O–H groups in total. The molecule has 5 rings (SSSR count). The largest absolute Gasteiger partial charge is 0.300 e. The Morgan fingerprint density at radius 2 is 1.79 bits per heavy atom. The lowest BCUT2D eigenvalue weighted by Crippen LogP contribution is -2.35. The van der Waals surface area contributed by atoms with E-state index in [1.807, 2.05) is 4.68 Å². The van der Waals surface area contributed by atoms with Crippen molar-refractivity contribution >= 4 is 12.2 Å². The van der Waals surface area contributed by atoms with Crippen molar-refractivity contribution in [3.05, 3.63) is 81.9 Å². The van der Waals surface area contributed by atoms with Crippen LogP contribution in [0.2, 0.25) is 0 Å². The van der Waals surface area contributed by atoms with Gasteiger partial charge >= 0.3 is 0 Å². The van der Waals surface area contributed by atoms with Crippen LogP contribution in [0.25, 0.3) is 0 Å². The van der Waals surface area contributed by atoms with Gasteiger partial charge in [0.25, 0.3) is 0 Å². The Kier molecular flexibility index (Phi) is 5.10. The lowest BCUT2D eigenvalue weighted by atomic mass is 9.87. The zero-order valence-electron chi connectivity index (χ0n) is 17.0. The first kappa shape index (κ1) is 18.8. The van der Waals surface area contributed by atoms with Gasteiger partial charge in [-0.25, -0.2) is 4.68 Å². The summed E-state index contributed by atoms with van der Waals surface area (Å²) in [6.45, 7) is 3.62.